The van der Waals surface area contributed by atoms with Gasteiger partial charge in [0.1, 0.15) is 18.9 Å². The van der Waals surface area contributed by atoms with Gasteiger partial charge in [0, 0.05) is 5.38 Å². The maximum atomic E-state index is 5.73. The summed E-state index contributed by atoms with van der Waals surface area (Å²) < 4.78 is 3.95. The van der Waals surface area contributed by atoms with Crippen molar-refractivity contribution in [3.8, 4) is 5.13 Å². The molecule has 0 aliphatic rings. The van der Waals surface area contributed by atoms with Crippen molar-refractivity contribution in [1.82, 2.24) is 14.5 Å². The molecule has 0 spiro atoms. The Balaban J connectivity index is 2.52. The van der Waals surface area contributed by atoms with Crippen LogP contribution in [0.1, 0.15) is 0 Å². The second kappa shape index (κ2) is 3.99. The van der Waals surface area contributed by atoms with Gasteiger partial charge in [-0.25, -0.2) is 9.97 Å². The van der Waals surface area contributed by atoms with Gasteiger partial charge < -0.3 is 0 Å². The van der Waals surface area contributed by atoms with Crippen LogP contribution < -0.4 is 0 Å². The van der Waals surface area contributed by atoms with Crippen LogP contribution in [-0.4, -0.2) is 14.5 Å². The predicted molar refractivity (Wildman–Crippen MR) is 69.7 cm³/mol. The molecular formula is C6H2ClI2N3S. The lowest BCUT2D eigenvalue weighted by atomic mass is 10.9. The van der Waals surface area contributed by atoms with Crippen molar-refractivity contribution in [2.24, 2.45) is 0 Å². The van der Waals surface area contributed by atoms with Crippen molar-refractivity contribution in [3.63, 3.8) is 0 Å². The summed E-state index contributed by atoms with van der Waals surface area (Å²) in [6, 6.07) is 0. The van der Waals surface area contributed by atoms with Gasteiger partial charge in [0.2, 0.25) is 0 Å². The van der Waals surface area contributed by atoms with Gasteiger partial charge in [-0.3, -0.25) is 4.57 Å². The number of imidazole rings is 1. The molecule has 13 heavy (non-hydrogen) atoms. The van der Waals surface area contributed by atoms with E-state index in [1.54, 1.807) is 11.7 Å². The summed E-state index contributed by atoms with van der Waals surface area (Å²) in [4.78, 5) is 8.32. The van der Waals surface area contributed by atoms with Crippen molar-refractivity contribution in [1.29, 1.82) is 0 Å². The fourth-order valence-corrected chi connectivity index (χ4v) is 2.76. The third kappa shape index (κ3) is 2.00. The number of rotatable bonds is 1. The standard InChI is InChI=1S/C6H2ClI2N3S/c7-3-1-13-6(11-3)12-2-10-4(8)5(12)9/h1-2H. The highest BCUT2D eigenvalue weighted by Crippen LogP contribution is 2.22. The molecule has 2 aromatic rings. The zero-order chi connectivity index (χ0) is 9.42. The minimum atomic E-state index is 0.527. The number of nitrogens with zero attached hydrogens (tertiary/aromatic N) is 3. The Morgan fingerprint density at radius 1 is 1.46 bits per heavy atom. The summed E-state index contributed by atoms with van der Waals surface area (Å²) in [5.41, 5.74) is 0. The first-order valence-electron chi connectivity index (χ1n) is 3.18. The van der Waals surface area contributed by atoms with E-state index in [-0.39, 0.29) is 0 Å². The van der Waals surface area contributed by atoms with Crippen LogP contribution in [-0.2, 0) is 0 Å². The first kappa shape index (κ1) is 10.1. The van der Waals surface area contributed by atoms with Gasteiger partial charge in [-0.15, -0.1) is 11.3 Å². The molecule has 3 nitrogen and oxygen atoms in total. The van der Waals surface area contributed by atoms with E-state index in [9.17, 15) is 0 Å². The Morgan fingerprint density at radius 2 is 2.23 bits per heavy atom. The third-order valence-corrected chi connectivity index (χ3v) is 5.35. The molecule has 0 fully saturated rings. The molecule has 2 rings (SSSR count). The molecule has 0 aliphatic carbocycles. The third-order valence-electron chi connectivity index (χ3n) is 1.34. The molecule has 0 unspecified atom stereocenters. The van der Waals surface area contributed by atoms with E-state index in [4.69, 9.17) is 11.6 Å². The normalized spacial score (nSPS) is 10.7. The summed E-state index contributed by atoms with van der Waals surface area (Å²) in [5.74, 6) is 0. The molecule has 0 aliphatic heterocycles. The van der Waals surface area contributed by atoms with E-state index in [2.05, 4.69) is 55.1 Å². The zero-order valence-corrected chi connectivity index (χ0v) is 11.9. The fourth-order valence-electron chi connectivity index (χ4n) is 0.801. The Bertz CT molecular complexity index is 439. The minimum absolute atomic E-state index is 0.527. The number of aromatic nitrogens is 3. The van der Waals surface area contributed by atoms with Crippen LogP contribution in [0.25, 0.3) is 5.13 Å². The minimum Gasteiger partial charge on any atom is -0.268 e. The summed E-state index contributed by atoms with van der Waals surface area (Å²) >= 11 is 11.6. The van der Waals surface area contributed by atoms with Gasteiger partial charge in [0.25, 0.3) is 0 Å². The second-order valence-corrected chi connectivity index (χ2v) is 5.42. The highest BCUT2D eigenvalue weighted by atomic mass is 127. The molecule has 0 atom stereocenters. The topological polar surface area (TPSA) is 30.7 Å². The fraction of sp³-hybridized carbons (Fsp3) is 0. The largest absolute Gasteiger partial charge is 0.268 e. The van der Waals surface area contributed by atoms with Crippen molar-refractivity contribution < 1.29 is 0 Å². The summed E-state index contributed by atoms with van der Waals surface area (Å²) in [7, 11) is 0. The predicted octanol–water partition coefficient (Wildman–Crippen LogP) is 3.19. The van der Waals surface area contributed by atoms with Crippen LogP contribution >= 0.6 is 68.1 Å². The van der Waals surface area contributed by atoms with Crippen LogP contribution in [0.3, 0.4) is 0 Å². The Kier molecular flexibility index (Phi) is 3.11. The van der Waals surface area contributed by atoms with Gasteiger partial charge in [-0.1, -0.05) is 11.6 Å². The summed E-state index contributed by atoms with van der Waals surface area (Å²) in [6.45, 7) is 0. The monoisotopic (exact) mass is 437 g/mol. The van der Waals surface area contributed by atoms with E-state index in [1.807, 2.05) is 4.57 Å². The van der Waals surface area contributed by atoms with E-state index in [1.165, 1.54) is 11.3 Å². The van der Waals surface area contributed by atoms with Gasteiger partial charge in [-0.05, 0) is 45.2 Å². The summed E-state index contributed by atoms with van der Waals surface area (Å²) in [6.07, 6.45) is 1.75. The zero-order valence-electron chi connectivity index (χ0n) is 6.04. The van der Waals surface area contributed by atoms with Crippen LogP contribution in [0.2, 0.25) is 5.15 Å². The van der Waals surface area contributed by atoms with Crippen molar-refractivity contribution in [3.05, 3.63) is 24.3 Å². The number of hydrogen-bond acceptors (Lipinski definition) is 3. The Labute approximate surface area is 111 Å². The number of hydrogen-bond donors (Lipinski definition) is 0. The molecular weight excluding hydrogens is 435 g/mol. The van der Waals surface area contributed by atoms with Crippen LogP contribution in [0.5, 0.6) is 0 Å². The van der Waals surface area contributed by atoms with Gasteiger partial charge in [0.05, 0.1) is 0 Å². The second-order valence-electron chi connectivity index (χ2n) is 2.15. The van der Waals surface area contributed by atoms with E-state index >= 15 is 0 Å². The van der Waals surface area contributed by atoms with Crippen molar-refractivity contribution >= 4 is 68.1 Å². The van der Waals surface area contributed by atoms with Crippen molar-refractivity contribution in [2.45, 2.75) is 0 Å². The molecule has 68 valence electrons. The quantitative estimate of drug-likeness (QED) is 0.642. The average molecular weight is 437 g/mol. The molecule has 2 aromatic heterocycles. The first-order chi connectivity index (χ1) is 6.18. The maximum Gasteiger partial charge on any atom is 0.197 e. The van der Waals surface area contributed by atoms with Gasteiger partial charge in [0.15, 0.2) is 5.13 Å². The smallest absolute Gasteiger partial charge is 0.197 e. The lowest BCUT2D eigenvalue weighted by Crippen LogP contribution is -1.93. The maximum absolute atomic E-state index is 5.73. The highest BCUT2D eigenvalue weighted by Gasteiger charge is 2.09. The molecule has 7 heteroatoms. The van der Waals surface area contributed by atoms with Crippen LogP contribution in [0.4, 0.5) is 0 Å². The van der Waals surface area contributed by atoms with E-state index in [0.29, 0.717) is 5.15 Å². The van der Waals surface area contributed by atoms with Crippen LogP contribution in [0.15, 0.2) is 11.7 Å². The van der Waals surface area contributed by atoms with Gasteiger partial charge in [-0.2, -0.15) is 0 Å². The molecule has 0 N–H and O–H groups in total. The lowest BCUT2D eigenvalue weighted by molar-refractivity contribution is 1.01. The Morgan fingerprint density at radius 3 is 2.69 bits per heavy atom. The SMILES string of the molecule is Clc1csc(-n2cnc(I)c2I)n1. The molecule has 0 amide bonds. The number of halogens is 3. The summed E-state index contributed by atoms with van der Waals surface area (Å²) in [5, 5.41) is 3.18. The molecule has 0 saturated heterocycles. The van der Waals surface area contributed by atoms with E-state index < -0.39 is 0 Å². The van der Waals surface area contributed by atoms with E-state index in [0.717, 1.165) is 12.5 Å². The van der Waals surface area contributed by atoms with Gasteiger partial charge >= 0.3 is 0 Å². The first-order valence-corrected chi connectivity index (χ1v) is 6.59. The average Bonchev–Trinajstić information content (AvgIpc) is 2.62. The van der Waals surface area contributed by atoms with Crippen LogP contribution in [0, 0.1) is 7.40 Å². The number of thiazole rings is 1. The highest BCUT2D eigenvalue weighted by molar-refractivity contribution is 14.1. The van der Waals surface area contributed by atoms with Crippen molar-refractivity contribution in [2.75, 3.05) is 0 Å². The molecule has 0 radical (unpaired) electrons. The molecule has 0 bridgehead atoms. The molecule has 0 aromatic carbocycles. The lowest BCUT2D eigenvalue weighted by Gasteiger charge is -1.96. The molecule has 0 saturated carbocycles. The Hall–Kier alpha value is 0.590. The molecule has 2 heterocycles.